The van der Waals surface area contributed by atoms with Crippen molar-refractivity contribution in [2.75, 3.05) is 13.2 Å². The Hall–Kier alpha value is -4.12. The van der Waals surface area contributed by atoms with Crippen LogP contribution in [0.25, 0.3) is 22.0 Å². The van der Waals surface area contributed by atoms with E-state index in [2.05, 4.69) is 15.6 Å². The molecule has 2 aromatic heterocycles. The molecule has 1 aliphatic heterocycles. The fourth-order valence-corrected chi connectivity index (χ4v) is 4.58. The number of fused-ring (bicyclic) bond motifs is 1. The molecule has 0 saturated carbocycles. The molecule has 5 N–H and O–H groups in total. The van der Waals surface area contributed by atoms with Crippen molar-refractivity contribution in [3.05, 3.63) is 48.3 Å². The summed E-state index contributed by atoms with van der Waals surface area (Å²) in [6, 6.07) is 8.44. The molecule has 1 aromatic carbocycles. The molecule has 0 unspecified atom stereocenters. The first-order valence-electron chi connectivity index (χ1n) is 12.8. The maximum Gasteiger partial charge on any atom is 0.408 e. The smallest absolute Gasteiger partial charge is 0.408 e. The minimum Gasteiger partial charge on any atom is -0.493 e. The summed E-state index contributed by atoms with van der Waals surface area (Å²) in [5.74, 6) is -1.09. The third-order valence-corrected chi connectivity index (χ3v) is 6.69. The third-order valence-electron chi connectivity index (χ3n) is 6.69. The van der Waals surface area contributed by atoms with Crippen molar-refractivity contribution in [2.24, 2.45) is 12.8 Å². The Kier molecular flexibility index (Phi) is 7.82. The largest absolute Gasteiger partial charge is 0.493 e. The summed E-state index contributed by atoms with van der Waals surface area (Å²) in [7, 11) is 1.75. The molecule has 1 atom stereocenters. The Labute approximate surface area is 226 Å². The number of carbonyl (C=O) groups excluding carboxylic acids is 3. The summed E-state index contributed by atoms with van der Waals surface area (Å²) in [4.78, 5) is 42.6. The van der Waals surface area contributed by atoms with E-state index in [9.17, 15) is 19.5 Å². The maximum atomic E-state index is 13.4. The van der Waals surface area contributed by atoms with E-state index in [1.54, 1.807) is 44.8 Å². The molecular weight excluding hydrogens is 502 g/mol. The van der Waals surface area contributed by atoms with Crippen LogP contribution in [-0.4, -0.2) is 63.0 Å². The summed E-state index contributed by atoms with van der Waals surface area (Å²) < 4.78 is 12.4. The first-order valence-corrected chi connectivity index (χ1v) is 12.8. The average Bonchev–Trinajstić information content (AvgIpc) is 3.15. The average molecular weight is 538 g/mol. The predicted molar refractivity (Wildman–Crippen MR) is 145 cm³/mol. The molecule has 4 rings (SSSR count). The number of alkyl carbamates (subject to hydrolysis) is 1. The number of benzene rings is 1. The molecule has 1 fully saturated rings. The highest BCUT2D eigenvalue weighted by Crippen LogP contribution is 2.29. The van der Waals surface area contributed by atoms with E-state index in [-0.39, 0.29) is 38.4 Å². The van der Waals surface area contributed by atoms with Crippen molar-refractivity contribution in [3.63, 3.8) is 0 Å². The van der Waals surface area contributed by atoms with Crippen LogP contribution in [0.5, 0.6) is 5.88 Å². The molecule has 3 heterocycles. The quantitative estimate of drug-likeness (QED) is 0.361. The number of nitrogens with two attached hydrogens (primary N) is 1. The van der Waals surface area contributed by atoms with Crippen LogP contribution in [0, 0.1) is 0 Å². The summed E-state index contributed by atoms with van der Waals surface area (Å²) >= 11 is 0. The van der Waals surface area contributed by atoms with Crippen molar-refractivity contribution in [2.45, 2.75) is 57.2 Å². The third kappa shape index (κ3) is 6.48. The second-order valence-corrected chi connectivity index (χ2v) is 10.9. The Morgan fingerprint density at radius 1 is 1.18 bits per heavy atom. The lowest BCUT2D eigenvalue weighted by atomic mass is 9.88. The van der Waals surface area contributed by atoms with E-state index < -0.39 is 35.1 Å². The van der Waals surface area contributed by atoms with Gasteiger partial charge in [-0.15, -0.1) is 0 Å². The molecule has 11 nitrogen and oxygen atoms in total. The molecule has 1 aliphatic rings. The zero-order valence-electron chi connectivity index (χ0n) is 22.6. The van der Waals surface area contributed by atoms with E-state index in [0.29, 0.717) is 5.52 Å². The molecule has 0 spiro atoms. The van der Waals surface area contributed by atoms with Crippen LogP contribution < -0.4 is 16.4 Å². The topological polar surface area (TPSA) is 158 Å². The summed E-state index contributed by atoms with van der Waals surface area (Å²) in [5, 5.41) is 16.3. The number of carbonyl (C=O) groups is 3. The van der Waals surface area contributed by atoms with E-state index >= 15 is 0 Å². The summed E-state index contributed by atoms with van der Waals surface area (Å²) in [6.45, 7) is 5.75. The number of hydrogen-bond acceptors (Lipinski definition) is 7. The number of primary amides is 1. The first kappa shape index (κ1) is 27.9. The van der Waals surface area contributed by atoms with Crippen LogP contribution in [0.3, 0.4) is 0 Å². The van der Waals surface area contributed by atoms with Gasteiger partial charge in [0.15, 0.2) is 0 Å². The predicted octanol–water partition coefficient (Wildman–Crippen LogP) is 2.53. The maximum absolute atomic E-state index is 13.4. The van der Waals surface area contributed by atoms with Crippen LogP contribution in [-0.2, 0) is 32.5 Å². The highest BCUT2D eigenvalue weighted by molar-refractivity contribution is 5.94. The minimum atomic E-state index is -1.28. The molecule has 0 radical (unpaired) electrons. The number of nitrogens with one attached hydrogen (secondary N) is 2. The minimum absolute atomic E-state index is 0.107. The fourth-order valence-electron chi connectivity index (χ4n) is 4.58. The van der Waals surface area contributed by atoms with Crippen molar-refractivity contribution in [1.29, 1.82) is 0 Å². The van der Waals surface area contributed by atoms with Gasteiger partial charge in [0.25, 0.3) is 0 Å². The number of hydrogen-bond donors (Lipinski definition) is 4. The van der Waals surface area contributed by atoms with Gasteiger partial charge in [-0.05, 0) is 38.0 Å². The number of pyridine rings is 1. The number of rotatable bonds is 7. The van der Waals surface area contributed by atoms with Crippen LogP contribution in [0.1, 0.15) is 39.2 Å². The molecule has 0 aliphatic carbocycles. The lowest BCUT2D eigenvalue weighted by Crippen LogP contribution is -2.64. The van der Waals surface area contributed by atoms with Gasteiger partial charge in [0.1, 0.15) is 22.7 Å². The normalized spacial score (nSPS) is 15.9. The Morgan fingerprint density at radius 3 is 2.46 bits per heavy atom. The number of ether oxygens (including phenoxy) is 2. The molecule has 39 heavy (non-hydrogen) atoms. The van der Waals surface area contributed by atoms with E-state index in [1.807, 2.05) is 30.3 Å². The molecular formula is C28H35N5O6. The van der Waals surface area contributed by atoms with Gasteiger partial charge in [-0.25, -0.2) is 9.78 Å². The van der Waals surface area contributed by atoms with Gasteiger partial charge in [0.05, 0.1) is 0 Å². The van der Waals surface area contributed by atoms with Crippen LogP contribution >= 0.6 is 0 Å². The van der Waals surface area contributed by atoms with Gasteiger partial charge in [0, 0.05) is 62.9 Å². The highest BCUT2D eigenvalue weighted by Gasteiger charge is 2.43. The van der Waals surface area contributed by atoms with Gasteiger partial charge in [-0.3, -0.25) is 9.59 Å². The van der Waals surface area contributed by atoms with Gasteiger partial charge >= 0.3 is 6.09 Å². The van der Waals surface area contributed by atoms with Crippen molar-refractivity contribution in [3.8, 4) is 17.0 Å². The zero-order valence-corrected chi connectivity index (χ0v) is 22.6. The molecule has 0 bridgehead atoms. The highest BCUT2D eigenvalue weighted by atomic mass is 16.6. The number of amides is 3. The number of aromatic nitrogens is 2. The lowest BCUT2D eigenvalue weighted by molar-refractivity contribution is -0.135. The zero-order chi connectivity index (χ0) is 28.4. The standard InChI is InChI=1S/C28H35N5O6/c1-27(2,3)39-26(37)32-28(9-11-38-12-10-28)25(36)31-21(23(29)34)13-17-5-7-18(8-6-17)19-14-20-16-33(4)24(35)22(20)30-15-19/h5-8,14-16,21,35H,9-13H2,1-4H3,(H2,29,34)(H,31,36)(H,32,37)/t21-/m0/s1. The van der Waals surface area contributed by atoms with Crippen LogP contribution in [0.2, 0.25) is 0 Å². The van der Waals surface area contributed by atoms with E-state index in [1.165, 1.54) is 0 Å². The summed E-state index contributed by atoms with van der Waals surface area (Å²) in [6.07, 6.45) is 3.41. The number of nitrogens with zero attached hydrogens (tertiary/aromatic N) is 2. The second kappa shape index (κ2) is 10.9. The van der Waals surface area contributed by atoms with Crippen LogP contribution in [0.4, 0.5) is 4.79 Å². The van der Waals surface area contributed by atoms with E-state index in [4.69, 9.17) is 15.2 Å². The van der Waals surface area contributed by atoms with Gasteiger partial charge in [0.2, 0.25) is 17.7 Å². The van der Waals surface area contributed by atoms with Gasteiger partial charge in [-0.1, -0.05) is 24.3 Å². The first-order chi connectivity index (χ1) is 18.4. The number of aromatic hydroxyl groups is 1. The van der Waals surface area contributed by atoms with Crippen molar-refractivity contribution >= 4 is 28.8 Å². The SMILES string of the molecule is Cn1cc2cc(-c3ccc(C[C@H](NC(=O)C4(NC(=O)OC(C)(C)C)CCOCC4)C(N)=O)cc3)cnc2c1O. The second-order valence-electron chi connectivity index (χ2n) is 10.9. The fraction of sp³-hybridized carbons (Fsp3) is 0.429. The lowest BCUT2D eigenvalue weighted by Gasteiger charge is -2.37. The Morgan fingerprint density at radius 2 is 1.85 bits per heavy atom. The van der Waals surface area contributed by atoms with Crippen LogP contribution in [0.15, 0.2) is 42.7 Å². The Bertz CT molecular complexity index is 1370. The monoisotopic (exact) mass is 537 g/mol. The molecule has 3 amide bonds. The summed E-state index contributed by atoms with van der Waals surface area (Å²) in [5.41, 5.74) is 6.73. The molecule has 1 saturated heterocycles. The van der Waals surface area contributed by atoms with Gasteiger partial charge < -0.3 is 35.5 Å². The van der Waals surface area contributed by atoms with Gasteiger partial charge in [-0.2, -0.15) is 0 Å². The van der Waals surface area contributed by atoms with Crippen molar-refractivity contribution in [1.82, 2.24) is 20.2 Å². The number of aryl methyl sites for hydroxylation is 1. The molecule has 11 heteroatoms. The molecule has 3 aromatic rings. The molecule has 208 valence electrons. The van der Waals surface area contributed by atoms with E-state index in [0.717, 1.165) is 22.1 Å². The Balaban J connectivity index is 1.47. The van der Waals surface area contributed by atoms with Crippen molar-refractivity contribution < 1.29 is 29.0 Å².